The quantitative estimate of drug-likeness (QED) is 0.558. The van der Waals surface area contributed by atoms with Crippen molar-refractivity contribution in [1.82, 2.24) is 19.9 Å². The molecule has 0 atom stereocenters. The van der Waals surface area contributed by atoms with E-state index in [4.69, 9.17) is 19.4 Å². The number of benzene rings is 1. The van der Waals surface area contributed by atoms with Crippen LogP contribution in [-0.4, -0.2) is 61.3 Å². The van der Waals surface area contributed by atoms with E-state index >= 15 is 0 Å². The van der Waals surface area contributed by atoms with E-state index < -0.39 is 0 Å². The molecule has 32 heavy (non-hydrogen) atoms. The lowest BCUT2D eigenvalue weighted by atomic mass is 9.92. The Bertz CT molecular complexity index is 1010. The van der Waals surface area contributed by atoms with Crippen molar-refractivity contribution in [1.29, 1.82) is 0 Å². The maximum absolute atomic E-state index is 5.42. The molecule has 0 unspecified atom stereocenters. The number of aromatic nitrogens is 3. The van der Waals surface area contributed by atoms with Gasteiger partial charge in [0.05, 0.1) is 14.2 Å². The maximum atomic E-state index is 5.42. The summed E-state index contributed by atoms with van der Waals surface area (Å²) in [5.74, 6) is 3.75. The van der Waals surface area contributed by atoms with Gasteiger partial charge in [-0.2, -0.15) is 0 Å². The van der Waals surface area contributed by atoms with Crippen molar-refractivity contribution in [2.75, 3.05) is 46.3 Å². The fourth-order valence-corrected chi connectivity index (χ4v) is 4.12. The van der Waals surface area contributed by atoms with Crippen molar-refractivity contribution in [3.8, 4) is 22.9 Å². The van der Waals surface area contributed by atoms with Crippen LogP contribution in [0.3, 0.4) is 0 Å². The third-order valence-corrected chi connectivity index (χ3v) is 5.93. The van der Waals surface area contributed by atoms with Crippen LogP contribution in [0.5, 0.6) is 11.5 Å². The molecule has 0 radical (unpaired) electrons. The fraction of sp³-hybridized carbons (Fsp3) is 0.400. The average molecular weight is 434 g/mol. The Balaban J connectivity index is 1.48. The number of likely N-dealkylation sites (tertiary alicyclic amines) is 1. The number of pyridine rings is 1. The van der Waals surface area contributed by atoms with Gasteiger partial charge < -0.3 is 14.4 Å². The van der Waals surface area contributed by atoms with Gasteiger partial charge in [-0.25, -0.2) is 9.97 Å². The van der Waals surface area contributed by atoms with Gasteiger partial charge in [-0.1, -0.05) is 0 Å². The van der Waals surface area contributed by atoms with E-state index in [0.29, 0.717) is 5.92 Å². The van der Waals surface area contributed by atoms with E-state index in [9.17, 15) is 0 Å². The predicted octanol–water partition coefficient (Wildman–Crippen LogP) is 4.00. The summed E-state index contributed by atoms with van der Waals surface area (Å²) < 4.78 is 10.8. The Hall–Kier alpha value is -3.19. The molecule has 3 aromatic rings. The van der Waals surface area contributed by atoms with Gasteiger partial charge in [-0.3, -0.25) is 9.88 Å². The Kier molecular flexibility index (Phi) is 6.85. The number of ether oxygens (including phenoxy) is 2. The number of anilines is 1. The van der Waals surface area contributed by atoms with Crippen molar-refractivity contribution in [3.63, 3.8) is 0 Å². The maximum Gasteiger partial charge on any atom is 0.163 e. The summed E-state index contributed by atoms with van der Waals surface area (Å²) in [6.45, 7) is 2.93. The molecule has 0 saturated carbocycles. The molecule has 168 valence electrons. The van der Waals surface area contributed by atoms with Crippen molar-refractivity contribution in [3.05, 3.63) is 60.0 Å². The second-order valence-corrected chi connectivity index (χ2v) is 8.38. The zero-order chi connectivity index (χ0) is 22.5. The van der Waals surface area contributed by atoms with Gasteiger partial charge in [0.2, 0.25) is 0 Å². The van der Waals surface area contributed by atoms with Crippen LogP contribution in [0.1, 0.15) is 30.0 Å². The van der Waals surface area contributed by atoms with Crippen LogP contribution in [0, 0.1) is 0 Å². The minimum atomic E-state index is 0.420. The predicted molar refractivity (Wildman–Crippen MR) is 126 cm³/mol. The Morgan fingerprint density at radius 3 is 2.31 bits per heavy atom. The topological polar surface area (TPSA) is 63.6 Å². The lowest BCUT2D eigenvalue weighted by Gasteiger charge is -2.32. The standard InChI is InChI=1S/C25H31N5O2/c1-29(2)24-15-23(27-25(28-24)20-6-5-9-26-16-20)19-7-10-30(11-8-19)17-18-12-21(31-3)14-22(13-18)32-4/h5-6,9,12-16,19H,7-8,10-11,17H2,1-4H3. The molecule has 1 saturated heterocycles. The lowest BCUT2D eigenvalue weighted by molar-refractivity contribution is 0.203. The Labute approximate surface area is 190 Å². The van der Waals surface area contributed by atoms with Crippen LogP contribution >= 0.6 is 0 Å². The van der Waals surface area contributed by atoms with E-state index in [1.54, 1.807) is 20.4 Å². The van der Waals surface area contributed by atoms with Crippen molar-refractivity contribution in [2.24, 2.45) is 0 Å². The molecular formula is C25H31N5O2. The number of nitrogens with zero attached hydrogens (tertiary/aromatic N) is 5. The molecule has 7 nitrogen and oxygen atoms in total. The van der Waals surface area contributed by atoms with E-state index in [1.165, 1.54) is 5.56 Å². The van der Waals surface area contributed by atoms with Crippen LogP contribution in [0.25, 0.3) is 11.4 Å². The first kappa shape index (κ1) is 22.0. The second-order valence-electron chi connectivity index (χ2n) is 8.38. The molecule has 1 aromatic carbocycles. The molecule has 4 rings (SSSR count). The summed E-state index contributed by atoms with van der Waals surface area (Å²) in [5.41, 5.74) is 3.27. The SMILES string of the molecule is COc1cc(CN2CCC(c3cc(N(C)C)nc(-c4cccnc4)n3)CC2)cc(OC)c1. The largest absolute Gasteiger partial charge is 0.497 e. The van der Waals surface area contributed by atoms with Gasteiger partial charge in [0.25, 0.3) is 0 Å². The van der Waals surface area contributed by atoms with Gasteiger partial charge in [0.1, 0.15) is 17.3 Å². The minimum Gasteiger partial charge on any atom is -0.497 e. The highest BCUT2D eigenvalue weighted by molar-refractivity contribution is 5.56. The van der Waals surface area contributed by atoms with Crippen molar-refractivity contribution in [2.45, 2.75) is 25.3 Å². The number of piperidine rings is 1. The summed E-state index contributed by atoms with van der Waals surface area (Å²) in [5, 5.41) is 0. The highest BCUT2D eigenvalue weighted by Crippen LogP contribution is 2.31. The molecule has 1 aliphatic rings. The van der Waals surface area contributed by atoms with E-state index in [0.717, 1.165) is 66.9 Å². The van der Waals surface area contributed by atoms with Gasteiger partial charge in [-0.05, 0) is 55.8 Å². The smallest absolute Gasteiger partial charge is 0.163 e. The summed E-state index contributed by atoms with van der Waals surface area (Å²) in [7, 11) is 7.41. The highest BCUT2D eigenvalue weighted by atomic mass is 16.5. The van der Waals surface area contributed by atoms with E-state index in [2.05, 4.69) is 28.1 Å². The third-order valence-electron chi connectivity index (χ3n) is 5.93. The Morgan fingerprint density at radius 1 is 1.00 bits per heavy atom. The highest BCUT2D eigenvalue weighted by Gasteiger charge is 2.23. The first-order chi connectivity index (χ1) is 15.6. The van der Waals surface area contributed by atoms with Crippen LogP contribution in [-0.2, 0) is 6.54 Å². The van der Waals surface area contributed by atoms with Gasteiger partial charge >= 0.3 is 0 Å². The molecule has 0 bridgehead atoms. The summed E-state index contributed by atoms with van der Waals surface area (Å²) >= 11 is 0. The number of hydrogen-bond acceptors (Lipinski definition) is 7. The summed E-state index contributed by atoms with van der Waals surface area (Å²) in [4.78, 5) is 18.4. The Morgan fingerprint density at radius 2 is 1.72 bits per heavy atom. The number of hydrogen-bond donors (Lipinski definition) is 0. The average Bonchev–Trinajstić information content (AvgIpc) is 2.84. The molecule has 1 fully saturated rings. The summed E-state index contributed by atoms with van der Waals surface area (Å²) in [6.07, 6.45) is 5.73. The van der Waals surface area contributed by atoms with Crippen LogP contribution in [0.2, 0.25) is 0 Å². The normalized spacial score (nSPS) is 14.9. The van der Waals surface area contributed by atoms with Crippen LogP contribution < -0.4 is 14.4 Å². The number of rotatable bonds is 7. The number of methoxy groups -OCH3 is 2. The van der Waals surface area contributed by atoms with E-state index in [-0.39, 0.29) is 0 Å². The van der Waals surface area contributed by atoms with Crippen molar-refractivity contribution >= 4 is 5.82 Å². The molecule has 0 aliphatic carbocycles. The zero-order valence-corrected chi connectivity index (χ0v) is 19.3. The first-order valence-corrected chi connectivity index (χ1v) is 11.0. The summed E-state index contributed by atoms with van der Waals surface area (Å²) in [6, 6.07) is 12.1. The van der Waals surface area contributed by atoms with E-state index in [1.807, 2.05) is 43.4 Å². The van der Waals surface area contributed by atoms with Crippen LogP contribution in [0.15, 0.2) is 48.8 Å². The molecule has 2 aromatic heterocycles. The van der Waals surface area contributed by atoms with Crippen LogP contribution in [0.4, 0.5) is 5.82 Å². The lowest BCUT2D eigenvalue weighted by Crippen LogP contribution is -2.32. The molecule has 0 spiro atoms. The molecular weight excluding hydrogens is 402 g/mol. The zero-order valence-electron chi connectivity index (χ0n) is 19.3. The molecule has 1 aliphatic heterocycles. The monoisotopic (exact) mass is 433 g/mol. The van der Waals surface area contributed by atoms with Gasteiger partial charge in [-0.15, -0.1) is 0 Å². The molecule has 0 N–H and O–H groups in total. The molecule has 0 amide bonds. The van der Waals surface area contributed by atoms with Crippen molar-refractivity contribution < 1.29 is 9.47 Å². The van der Waals surface area contributed by atoms with Gasteiger partial charge in [0, 0.05) is 62.3 Å². The first-order valence-electron chi connectivity index (χ1n) is 11.0. The third kappa shape index (κ3) is 5.16. The molecule has 7 heteroatoms. The fourth-order valence-electron chi connectivity index (χ4n) is 4.12. The molecule has 3 heterocycles. The second kappa shape index (κ2) is 9.96. The minimum absolute atomic E-state index is 0.420. The van der Waals surface area contributed by atoms with Gasteiger partial charge in [0.15, 0.2) is 5.82 Å².